The zero-order valence-electron chi connectivity index (χ0n) is 24.6. The first-order valence-corrected chi connectivity index (χ1v) is 17.5. The van der Waals surface area contributed by atoms with Crippen molar-refractivity contribution in [2.75, 3.05) is 29.6 Å². The second-order valence-corrected chi connectivity index (χ2v) is 12.6. The molecule has 0 aliphatic heterocycles. The lowest BCUT2D eigenvalue weighted by Crippen LogP contribution is -2.25. The first kappa shape index (κ1) is 35.8. The van der Waals surface area contributed by atoms with Gasteiger partial charge in [-0.3, -0.25) is 9.59 Å². The maximum absolute atomic E-state index is 12.6. The number of anilines is 1. The molecule has 6 nitrogen and oxygen atoms in total. The topological polar surface area (TPSA) is 98.7 Å². The first-order valence-electron chi connectivity index (χ1n) is 15.1. The van der Waals surface area contributed by atoms with Crippen LogP contribution in [0.5, 0.6) is 0 Å². The molecule has 8 heteroatoms. The van der Waals surface area contributed by atoms with Gasteiger partial charge in [-0.2, -0.15) is 11.8 Å². The van der Waals surface area contributed by atoms with Gasteiger partial charge in [-0.15, -0.1) is 11.8 Å². The largest absolute Gasteiger partial charge is 0.393 e. The number of thioether (sulfide) groups is 2. The van der Waals surface area contributed by atoms with Crippen molar-refractivity contribution in [2.24, 2.45) is 0 Å². The molecular formula is C31H54N2O4S2. The van der Waals surface area contributed by atoms with Crippen molar-refractivity contribution in [1.82, 2.24) is 5.32 Å². The number of nitrogens with one attached hydrogen (secondary N) is 2. The minimum absolute atomic E-state index is 0.109. The third kappa shape index (κ3) is 18.0. The standard InChI is InChI=1S/C31H54N2O4S2/c1-4-6-7-8-9-10-11-15-26(34)16-12-17-27(35)18-13-19-30(36)33-28-24-25(20-21-29(28)39-5-2)31(37)32-22-14-23-38-3/h20-21,24,26-27,34-35H,4-19,22-23H2,1-3H3,(H,32,37)(H,33,36). The molecule has 0 saturated carbocycles. The number of rotatable bonds is 24. The van der Waals surface area contributed by atoms with E-state index < -0.39 is 6.10 Å². The van der Waals surface area contributed by atoms with Crippen LogP contribution in [0, 0.1) is 0 Å². The van der Waals surface area contributed by atoms with Crippen LogP contribution in [0.15, 0.2) is 23.1 Å². The summed E-state index contributed by atoms with van der Waals surface area (Å²) in [5.74, 6) is 1.63. The fourth-order valence-corrected chi connectivity index (χ4v) is 5.67. The van der Waals surface area contributed by atoms with Crippen LogP contribution in [0.4, 0.5) is 5.69 Å². The van der Waals surface area contributed by atoms with Crippen molar-refractivity contribution in [1.29, 1.82) is 0 Å². The van der Waals surface area contributed by atoms with Crippen molar-refractivity contribution in [3.63, 3.8) is 0 Å². The maximum atomic E-state index is 12.6. The summed E-state index contributed by atoms with van der Waals surface area (Å²) < 4.78 is 0. The van der Waals surface area contributed by atoms with Crippen molar-refractivity contribution in [3.8, 4) is 0 Å². The summed E-state index contributed by atoms with van der Waals surface area (Å²) in [4.78, 5) is 26.1. The maximum Gasteiger partial charge on any atom is 0.251 e. The number of aliphatic hydroxyl groups is 2. The molecule has 1 aromatic carbocycles. The van der Waals surface area contributed by atoms with Crippen molar-refractivity contribution in [3.05, 3.63) is 23.8 Å². The number of benzene rings is 1. The van der Waals surface area contributed by atoms with E-state index >= 15 is 0 Å². The van der Waals surface area contributed by atoms with E-state index in [4.69, 9.17) is 0 Å². The smallest absolute Gasteiger partial charge is 0.251 e. The van der Waals surface area contributed by atoms with Gasteiger partial charge in [-0.1, -0.05) is 58.8 Å². The van der Waals surface area contributed by atoms with Gasteiger partial charge >= 0.3 is 0 Å². The summed E-state index contributed by atoms with van der Waals surface area (Å²) in [5, 5.41) is 26.5. The first-order chi connectivity index (χ1) is 18.9. The molecule has 0 radical (unpaired) electrons. The highest BCUT2D eigenvalue weighted by atomic mass is 32.2. The van der Waals surface area contributed by atoms with Crippen molar-refractivity contribution < 1.29 is 19.8 Å². The Morgan fingerprint density at radius 3 is 2.15 bits per heavy atom. The Morgan fingerprint density at radius 2 is 1.49 bits per heavy atom. The minimum Gasteiger partial charge on any atom is -0.393 e. The third-order valence-corrected chi connectivity index (χ3v) is 8.44. The number of hydrogen-bond donors (Lipinski definition) is 4. The van der Waals surface area contributed by atoms with Crippen molar-refractivity contribution in [2.45, 2.75) is 127 Å². The van der Waals surface area contributed by atoms with Gasteiger partial charge in [0.25, 0.3) is 5.91 Å². The Bertz CT molecular complexity index is 794. The molecule has 0 bridgehead atoms. The molecule has 2 amide bonds. The SMILES string of the molecule is CCCCCCCCCC(O)CCCC(O)CCCC(=O)Nc1cc(C(=O)NCCCSC)ccc1SCC. The van der Waals surface area contributed by atoms with Crippen LogP contribution in [0.25, 0.3) is 0 Å². The van der Waals surface area contributed by atoms with Crippen LogP contribution in [0.3, 0.4) is 0 Å². The molecule has 0 heterocycles. The monoisotopic (exact) mass is 582 g/mol. The predicted octanol–water partition coefficient (Wildman–Crippen LogP) is 7.42. The highest BCUT2D eigenvalue weighted by molar-refractivity contribution is 7.99. The second kappa shape index (κ2) is 23.5. The van der Waals surface area contributed by atoms with Crippen LogP contribution in [0.1, 0.15) is 121 Å². The average Bonchev–Trinajstić information content (AvgIpc) is 2.91. The average molecular weight is 583 g/mol. The molecule has 0 spiro atoms. The Balaban J connectivity index is 2.32. The molecule has 224 valence electrons. The summed E-state index contributed by atoms with van der Waals surface area (Å²) in [7, 11) is 0. The number of unbranched alkanes of at least 4 members (excludes halogenated alkanes) is 6. The quantitative estimate of drug-likeness (QED) is 0.0748. The lowest BCUT2D eigenvalue weighted by molar-refractivity contribution is -0.116. The lowest BCUT2D eigenvalue weighted by atomic mass is 10.0. The Morgan fingerprint density at radius 1 is 0.846 bits per heavy atom. The van der Waals surface area contributed by atoms with Crippen LogP contribution in [-0.4, -0.2) is 58.5 Å². The molecule has 1 rings (SSSR count). The molecule has 0 aliphatic carbocycles. The molecular weight excluding hydrogens is 528 g/mol. The van der Waals surface area contributed by atoms with Gasteiger partial charge in [0, 0.05) is 23.4 Å². The van der Waals surface area contributed by atoms with E-state index in [2.05, 4.69) is 24.5 Å². The Kier molecular flexibility index (Phi) is 21.6. The molecule has 1 aromatic rings. The molecule has 0 fully saturated rings. The van der Waals surface area contributed by atoms with Gasteiger partial charge in [0.2, 0.25) is 5.91 Å². The summed E-state index contributed by atoms with van der Waals surface area (Å²) in [6.07, 6.45) is 15.5. The van der Waals surface area contributed by atoms with Gasteiger partial charge in [0.15, 0.2) is 0 Å². The highest BCUT2D eigenvalue weighted by Crippen LogP contribution is 2.28. The summed E-state index contributed by atoms with van der Waals surface area (Å²) >= 11 is 3.39. The minimum atomic E-state index is -0.451. The number of carbonyl (C=O) groups excluding carboxylic acids is 2. The van der Waals surface area contributed by atoms with E-state index in [1.54, 1.807) is 35.7 Å². The van der Waals surface area contributed by atoms with Crippen LogP contribution in [-0.2, 0) is 4.79 Å². The van der Waals surface area contributed by atoms with Gasteiger partial charge in [0.05, 0.1) is 17.9 Å². The highest BCUT2D eigenvalue weighted by Gasteiger charge is 2.13. The van der Waals surface area contributed by atoms with Crippen LogP contribution < -0.4 is 10.6 Å². The van der Waals surface area contributed by atoms with E-state index in [0.717, 1.165) is 48.5 Å². The fraction of sp³-hybridized carbons (Fsp3) is 0.742. The summed E-state index contributed by atoms with van der Waals surface area (Å²) in [6, 6.07) is 5.46. The molecule has 4 N–H and O–H groups in total. The van der Waals surface area contributed by atoms with Crippen molar-refractivity contribution >= 4 is 41.0 Å². The zero-order valence-corrected chi connectivity index (χ0v) is 26.3. The van der Waals surface area contributed by atoms with E-state index in [1.165, 1.54) is 38.5 Å². The predicted molar refractivity (Wildman–Crippen MR) is 169 cm³/mol. The Hall–Kier alpha value is -1.22. The molecule has 2 atom stereocenters. The van der Waals surface area contributed by atoms with E-state index in [9.17, 15) is 19.8 Å². The summed E-state index contributed by atoms with van der Waals surface area (Å²) in [6.45, 7) is 4.91. The molecule has 39 heavy (non-hydrogen) atoms. The van der Waals surface area contributed by atoms with Gasteiger partial charge in [0.1, 0.15) is 0 Å². The van der Waals surface area contributed by atoms with E-state index in [1.807, 2.05) is 12.3 Å². The number of aliphatic hydroxyl groups excluding tert-OH is 2. The van der Waals surface area contributed by atoms with Crippen LogP contribution >= 0.6 is 23.5 Å². The van der Waals surface area contributed by atoms with Gasteiger partial charge in [-0.25, -0.2) is 0 Å². The lowest BCUT2D eigenvalue weighted by Gasteiger charge is -2.14. The molecule has 2 unspecified atom stereocenters. The molecule has 0 saturated heterocycles. The number of amides is 2. The van der Waals surface area contributed by atoms with Crippen LogP contribution in [0.2, 0.25) is 0 Å². The zero-order chi connectivity index (χ0) is 28.7. The fourth-order valence-electron chi connectivity index (χ4n) is 4.50. The Labute approximate surface area is 246 Å². The third-order valence-electron chi connectivity index (χ3n) is 6.78. The summed E-state index contributed by atoms with van der Waals surface area (Å²) in [5.41, 5.74) is 1.21. The molecule has 0 aliphatic rings. The number of carbonyl (C=O) groups is 2. The van der Waals surface area contributed by atoms with E-state index in [0.29, 0.717) is 43.5 Å². The number of hydrogen-bond acceptors (Lipinski definition) is 6. The van der Waals surface area contributed by atoms with E-state index in [-0.39, 0.29) is 17.9 Å². The second-order valence-electron chi connectivity index (χ2n) is 10.3. The van der Waals surface area contributed by atoms with Gasteiger partial charge < -0.3 is 20.8 Å². The van der Waals surface area contributed by atoms with Gasteiger partial charge in [-0.05, 0) is 80.9 Å². The molecule has 0 aromatic heterocycles. The normalized spacial score (nSPS) is 12.7.